The van der Waals surface area contributed by atoms with E-state index in [1.807, 2.05) is 0 Å². The maximum Gasteiger partial charge on any atom is 0.220 e. The second-order valence-corrected chi connectivity index (χ2v) is 7.56. The van der Waals surface area contributed by atoms with Crippen molar-refractivity contribution in [3.05, 3.63) is 0 Å². The molecule has 3 rings (SSSR count). The quantitative estimate of drug-likeness (QED) is 0.784. The van der Waals surface area contributed by atoms with E-state index in [9.17, 15) is 4.79 Å². The fraction of sp³-hybridized carbons (Fsp3) is 0.941. The van der Waals surface area contributed by atoms with E-state index in [0.717, 1.165) is 12.3 Å². The van der Waals surface area contributed by atoms with E-state index in [4.69, 9.17) is 0 Å². The van der Waals surface area contributed by atoms with Crippen LogP contribution >= 0.6 is 12.4 Å². The molecule has 3 nitrogen and oxygen atoms in total. The van der Waals surface area contributed by atoms with Crippen molar-refractivity contribution < 1.29 is 4.79 Å². The molecule has 4 atom stereocenters. The van der Waals surface area contributed by atoms with Crippen molar-refractivity contribution in [2.24, 2.45) is 11.8 Å². The number of amides is 1. The number of halogens is 1. The van der Waals surface area contributed by atoms with Crippen LogP contribution in [0.3, 0.4) is 0 Å². The first-order valence-corrected chi connectivity index (χ1v) is 8.74. The van der Waals surface area contributed by atoms with Crippen LogP contribution in [0.25, 0.3) is 0 Å². The normalized spacial score (nSPS) is 39.2. The van der Waals surface area contributed by atoms with Crippen molar-refractivity contribution in [3.63, 3.8) is 0 Å². The van der Waals surface area contributed by atoms with Gasteiger partial charge in [-0.25, -0.2) is 0 Å². The molecule has 2 heterocycles. The van der Waals surface area contributed by atoms with Crippen LogP contribution in [0.4, 0.5) is 0 Å². The Morgan fingerprint density at radius 1 is 1.05 bits per heavy atom. The van der Waals surface area contributed by atoms with Gasteiger partial charge < -0.3 is 10.6 Å². The van der Waals surface area contributed by atoms with Crippen LogP contribution in [0, 0.1) is 11.8 Å². The van der Waals surface area contributed by atoms with Gasteiger partial charge in [-0.2, -0.15) is 0 Å². The third kappa shape index (κ3) is 4.85. The molecule has 0 spiro atoms. The highest BCUT2D eigenvalue weighted by molar-refractivity contribution is 5.85. The van der Waals surface area contributed by atoms with Crippen molar-refractivity contribution in [1.29, 1.82) is 0 Å². The van der Waals surface area contributed by atoms with Crippen LogP contribution in [0.5, 0.6) is 0 Å². The zero-order chi connectivity index (χ0) is 13.9. The van der Waals surface area contributed by atoms with Gasteiger partial charge in [0, 0.05) is 24.5 Å². The zero-order valence-corrected chi connectivity index (χ0v) is 14.1. The highest BCUT2D eigenvalue weighted by Gasteiger charge is 2.34. The maximum absolute atomic E-state index is 12.3. The smallest absolute Gasteiger partial charge is 0.220 e. The van der Waals surface area contributed by atoms with Crippen LogP contribution < -0.4 is 10.6 Å². The predicted molar refractivity (Wildman–Crippen MR) is 88.7 cm³/mol. The summed E-state index contributed by atoms with van der Waals surface area (Å²) in [5, 5.41) is 6.97. The van der Waals surface area contributed by atoms with Crippen LogP contribution in [-0.4, -0.2) is 24.0 Å². The maximum atomic E-state index is 12.3. The summed E-state index contributed by atoms with van der Waals surface area (Å²) >= 11 is 0. The van der Waals surface area contributed by atoms with Crippen molar-refractivity contribution in [2.75, 3.05) is 0 Å². The predicted octanol–water partition coefficient (Wildman–Crippen LogP) is 3.41. The summed E-state index contributed by atoms with van der Waals surface area (Å²) in [6.45, 7) is 2.34. The van der Waals surface area contributed by atoms with Crippen LogP contribution in [0.1, 0.15) is 71.1 Å². The number of carbonyl (C=O) groups is 1. The molecule has 4 heteroatoms. The first-order valence-electron chi connectivity index (χ1n) is 8.74. The number of rotatable bonds is 3. The Bertz CT molecular complexity index is 338. The van der Waals surface area contributed by atoms with Gasteiger partial charge in [0.2, 0.25) is 5.91 Å². The van der Waals surface area contributed by atoms with Gasteiger partial charge in [0.1, 0.15) is 0 Å². The molecule has 2 bridgehead atoms. The number of fused-ring (bicyclic) bond motifs is 2. The van der Waals surface area contributed by atoms with E-state index < -0.39 is 0 Å². The molecule has 0 aromatic heterocycles. The van der Waals surface area contributed by atoms with E-state index in [2.05, 4.69) is 17.6 Å². The molecule has 1 aliphatic carbocycles. The third-order valence-corrected chi connectivity index (χ3v) is 5.67. The average molecular weight is 315 g/mol. The molecular formula is C17H31ClN2O. The molecule has 122 valence electrons. The Morgan fingerprint density at radius 3 is 2.48 bits per heavy atom. The van der Waals surface area contributed by atoms with Crippen molar-refractivity contribution in [3.8, 4) is 0 Å². The van der Waals surface area contributed by atoms with E-state index in [1.54, 1.807) is 0 Å². The van der Waals surface area contributed by atoms with Gasteiger partial charge in [-0.05, 0) is 56.8 Å². The molecule has 0 aromatic rings. The lowest BCUT2D eigenvalue weighted by molar-refractivity contribution is -0.123. The lowest BCUT2D eigenvalue weighted by Gasteiger charge is -2.29. The second kappa shape index (κ2) is 7.82. The fourth-order valence-electron chi connectivity index (χ4n) is 4.52. The Balaban J connectivity index is 0.00000161. The molecule has 0 radical (unpaired) electrons. The molecule has 4 unspecified atom stereocenters. The highest BCUT2D eigenvalue weighted by atomic mass is 35.5. The minimum Gasteiger partial charge on any atom is -0.353 e. The summed E-state index contributed by atoms with van der Waals surface area (Å²) in [5.74, 6) is 1.78. The molecule has 1 saturated carbocycles. The SMILES string of the molecule is CC1CCCC(NC(=O)CC2CC3CCC(C2)N3)CC1.Cl. The van der Waals surface area contributed by atoms with E-state index >= 15 is 0 Å². The fourth-order valence-corrected chi connectivity index (χ4v) is 4.52. The van der Waals surface area contributed by atoms with Crippen molar-refractivity contribution in [2.45, 2.75) is 89.3 Å². The molecule has 21 heavy (non-hydrogen) atoms. The van der Waals surface area contributed by atoms with Gasteiger partial charge in [0.25, 0.3) is 0 Å². The van der Waals surface area contributed by atoms with Crippen molar-refractivity contribution in [1.82, 2.24) is 10.6 Å². The minimum absolute atomic E-state index is 0. The summed E-state index contributed by atoms with van der Waals surface area (Å²) in [4.78, 5) is 12.3. The standard InChI is InChI=1S/C17H30N2O.ClH/c1-12-3-2-4-14(6-5-12)19-17(20)11-13-9-15-7-8-16(10-13)18-15;/h12-16,18H,2-11H2,1H3,(H,19,20);1H. The van der Waals surface area contributed by atoms with Gasteiger partial charge in [-0.1, -0.05) is 19.8 Å². The Hall–Kier alpha value is -0.280. The third-order valence-electron chi connectivity index (χ3n) is 5.67. The topological polar surface area (TPSA) is 41.1 Å². The average Bonchev–Trinajstić information content (AvgIpc) is 2.61. The number of carbonyl (C=O) groups excluding carboxylic acids is 1. The molecule has 1 amide bonds. The summed E-state index contributed by atoms with van der Waals surface area (Å²) in [5.41, 5.74) is 0. The molecule has 0 aromatic carbocycles. The number of hydrogen-bond donors (Lipinski definition) is 2. The zero-order valence-electron chi connectivity index (χ0n) is 13.3. The van der Waals surface area contributed by atoms with Crippen LogP contribution in [0.2, 0.25) is 0 Å². The molecular weight excluding hydrogens is 284 g/mol. The summed E-state index contributed by atoms with van der Waals surface area (Å²) in [6.07, 6.45) is 12.1. The van der Waals surface area contributed by atoms with E-state index in [0.29, 0.717) is 30.0 Å². The van der Waals surface area contributed by atoms with Gasteiger partial charge in [0.05, 0.1) is 0 Å². The minimum atomic E-state index is 0. The molecule has 2 saturated heterocycles. The number of piperidine rings is 1. The molecule has 3 aliphatic rings. The van der Waals surface area contributed by atoms with Crippen molar-refractivity contribution >= 4 is 18.3 Å². The van der Waals surface area contributed by atoms with Gasteiger partial charge in [-0.15, -0.1) is 12.4 Å². The highest BCUT2D eigenvalue weighted by Crippen LogP contribution is 2.32. The Morgan fingerprint density at radius 2 is 1.76 bits per heavy atom. The summed E-state index contributed by atoms with van der Waals surface area (Å²) < 4.78 is 0. The molecule has 3 fully saturated rings. The lowest BCUT2D eigenvalue weighted by atomic mass is 9.89. The second-order valence-electron chi connectivity index (χ2n) is 7.56. The van der Waals surface area contributed by atoms with Crippen LogP contribution in [0.15, 0.2) is 0 Å². The van der Waals surface area contributed by atoms with Gasteiger partial charge >= 0.3 is 0 Å². The first kappa shape index (κ1) is 17.1. The molecule has 2 N–H and O–H groups in total. The largest absolute Gasteiger partial charge is 0.353 e. The van der Waals surface area contributed by atoms with E-state index in [-0.39, 0.29) is 12.4 Å². The van der Waals surface area contributed by atoms with E-state index in [1.165, 1.54) is 57.8 Å². The molecule has 2 aliphatic heterocycles. The summed E-state index contributed by atoms with van der Waals surface area (Å²) in [6, 6.07) is 1.85. The summed E-state index contributed by atoms with van der Waals surface area (Å²) in [7, 11) is 0. The van der Waals surface area contributed by atoms with Gasteiger partial charge in [-0.3, -0.25) is 4.79 Å². The van der Waals surface area contributed by atoms with Crippen LogP contribution in [-0.2, 0) is 4.79 Å². The monoisotopic (exact) mass is 314 g/mol. The number of hydrogen-bond acceptors (Lipinski definition) is 2. The first-order chi connectivity index (χ1) is 9.69. The Kier molecular flexibility index (Phi) is 6.36. The number of nitrogens with one attached hydrogen (secondary N) is 2. The Labute approximate surface area is 135 Å². The lowest BCUT2D eigenvalue weighted by Crippen LogP contribution is -2.41. The van der Waals surface area contributed by atoms with Gasteiger partial charge in [0.15, 0.2) is 0 Å².